The van der Waals surface area contributed by atoms with Gasteiger partial charge in [0.25, 0.3) is 0 Å². The average molecular weight is 293 g/mol. The van der Waals surface area contributed by atoms with Crippen LogP contribution >= 0.6 is 0 Å². The molecule has 0 spiro atoms. The first kappa shape index (κ1) is 16.8. The maximum atomic E-state index is 11.3. The van der Waals surface area contributed by atoms with Gasteiger partial charge in [-0.15, -0.1) is 0 Å². The Kier molecular flexibility index (Phi) is 4.19. The first-order chi connectivity index (χ1) is 9.54. The van der Waals surface area contributed by atoms with Crippen LogP contribution in [-0.4, -0.2) is 22.9 Å². The fourth-order valence-electron chi connectivity index (χ4n) is 4.41. The number of aliphatic hydroxyl groups is 1. The second-order valence-electron chi connectivity index (χ2n) is 8.90. The van der Waals surface area contributed by atoms with E-state index in [0.717, 1.165) is 25.7 Å². The summed E-state index contributed by atoms with van der Waals surface area (Å²) in [5, 5.41) is 21.1. The van der Waals surface area contributed by atoms with Crippen LogP contribution in [0.4, 0.5) is 0 Å². The van der Waals surface area contributed by atoms with Gasteiger partial charge in [0.05, 0.1) is 29.3 Å². The Morgan fingerprint density at radius 2 is 1.71 bits per heavy atom. The van der Waals surface area contributed by atoms with Crippen molar-refractivity contribution in [3.63, 3.8) is 0 Å². The van der Waals surface area contributed by atoms with Crippen LogP contribution < -0.4 is 0 Å². The minimum absolute atomic E-state index is 0.291. The molecule has 1 saturated carbocycles. The Morgan fingerprint density at radius 1 is 1.14 bits per heavy atom. The van der Waals surface area contributed by atoms with Gasteiger partial charge in [0.15, 0.2) is 0 Å². The third kappa shape index (κ3) is 3.12. The molecule has 0 aromatic rings. The third-order valence-corrected chi connectivity index (χ3v) is 5.90. The topological polar surface area (TPSA) is 53.2 Å². The second kappa shape index (κ2) is 5.25. The van der Waals surface area contributed by atoms with Crippen LogP contribution in [0.2, 0.25) is 0 Å². The molecule has 0 aromatic carbocycles. The van der Waals surface area contributed by atoms with Crippen molar-refractivity contribution in [2.24, 2.45) is 16.7 Å². The maximum Gasteiger partial charge on any atom is 0.0882 e. The van der Waals surface area contributed by atoms with Crippen LogP contribution in [0.5, 0.6) is 0 Å². The van der Waals surface area contributed by atoms with Gasteiger partial charge in [-0.3, -0.25) is 0 Å². The highest BCUT2D eigenvalue weighted by atomic mass is 16.5. The van der Waals surface area contributed by atoms with Gasteiger partial charge in [0, 0.05) is 12.8 Å². The largest absolute Gasteiger partial charge is 0.388 e. The SMILES string of the molecule is CC1(C)CC(O)(C2(C#N)CCC(C(C)(C)C)CC2)CCO1. The molecule has 0 bridgehead atoms. The number of rotatable bonds is 1. The zero-order chi connectivity index (χ0) is 15.9. The van der Waals surface area contributed by atoms with E-state index >= 15 is 0 Å². The van der Waals surface area contributed by atoms with Gasteiger partial charge in [-0.05, 0) is 50.9 Å². The maximum absolute atomic E-state index is 11.3. The molecule has 3 nitrogen and oxygen atoms in total. The molecule has 2 fully saturated rings. The monoisotopic (exact) mass is 293 g/mol. The van der Waals surface area contributed by atoms with Gasteiger partial charge in [0.1, 0.15) is 0 Å². The van der Waals surface area contributed by atoms with Crippen molar-refractivity contribution in [2.75, 3.05) is 6.61 Å². The van der Waals surface area contributed by atoms with E-state index in [1.807, 2.05) is 13.8 Å². The molecule has 2 rings (SSSR count). The van der Waals surface area contributed by atoms with E-state index in [-0.39, 0.29) is 5.60 Å². The van der Waals surface area contributed by atoms with Crippen LogP contribution in [0.25, 0.3) is 0 Å². The minimum atomic E-state index is -0.896. The number of nitriles is 1. The van der Waals surface area contributed by atoms with Crippen molar-refractivity contribution in [3.05, 3.63) is 0 Å². The molecule has 21 heavy (non-hydrogen) atoms. The van der Waals surface area contributed by atoms with Crippen LogP contribution in [-0.2, 0) is 4.74 Å². The molecule has 1 atom stereocenters. The van der Waals surface area contributed by atoms with Gasteiger partial charge in [-0.2, -0.15) is 5.26 Å². The highest BCUT2D eigenvalue weighted by Gasteiger charge is 2.56. The van der Waals surface area contributed by atoms with E-state index in [1.54, 1.807) is 0 Å². The van der Waals surface area contributed by atoms with Gasteiger partial charge >= 0.3 is 0 Å². The summed E-state index contributed by atoms with van der Waals surface area (Å²) in [4.78, 5) is 0. The van der Waals surface area contributed by atoms with Gasteiger partial charge in [-0.1, -0.05) is 20.8 Å². The molecule has 1 saturated heterocycles. The fraction of sp³-hybridized carbons (Fsp3) is 0.944. The molecule has 0 radical (unpaired) electrons. The third-order valence-electron chi connectivity index (χ3n) is 5.90. The molecule has 0 amide bonds. The summed E-state index contributed by atoms with van der Waals surface area (Å²) >= 11 is 0. The molecule has 1 aliphatic carbocycles. The number of ether oxygens (including phenoxy) is 1. The molecule has 120 valence electrons. The Bertz CT molecular complexity index is 421. The van der Waals surface area contributed by atoms with Crippen molar-refractivity contribution in [3.8, 4) is 6.07 Å². The fourth-order valence-corrected chi connectivity index (χ4v) is 4.41. The second-order valence-corrected chi connectivity index (χ2v) is 8.90. The van der Waals surface area contributed by atoms with Crippen LogP contribution in [0, 0.1) is 28.1 Å². The van der Waals surface area contributed by atoms with Gasteiger partial charge in [0.2, 0.25) is 0 Å². The van der Waals surface area contributed by atoms with Crippen molar-refractivity contribution in [2.45, 2.75) is 84.3 Å². The number of hydrogen-bond acceptors (Lipinski definition) is 3. The first-order valence-electron chi connectivity index (χ1n) is 8.31. The van der Waals surface area contributed by atoms with Gasteiger partial charge in [-0.25, -0.2) is 0 Å². The molecule has 1 N–H and O–H groups in total. The summed E-state index contributed by atoms with van der Waals surface area (Å²) in [6.07, 6.45) is 4.87. The number of hydrogen-bond donors (Lipinski definition) is 1. The van der Waals surface area contributed by atoms with Crippen molar-refractivity contribution in [1.82, 2.24) is 0 Å². The van der Waals surface area contributed by atoms with Crippen LogP contribution in [0.15, 0.2) is 0 Å². The summed E-state index contributed by atoms with van der Waals surface area (Å²) < 4.78 is 5.75. The summed E-state index contributed by atoms with van der Waals surface area (Å²) in [5.41, 5.74) is -1.53. The summed E-state index contributed by atoms with van der Waals surface area (Å²) in [6.45, 7) is 11.4. The lowest BCUT2D eigenvalue weighted by Gasteiger charge is -2.53. The Labute approximate surface area is 129 Å². The van der Waals surface area contributed by atoms with Gasteiger partial charge < -0.3 is 9.84 Å². The average Bonchev–Trinajstić information content (AvgIpc) is 2.36. The quantitative estimate of drug-likeness (QED) is 0.793. The number of nitrogens with zero attached hydrogens (tertiary/aromatic N) is 1. The lowest BCUT2D eigenvalue weighted by atomic mass is 9.56. The van der Waals surface area contributed by atoms with E-state index in [4.69, 9.17) is 4.74 Å². The zero-order valence-corrected chi connectivity index (χ0v) is 14.3. The molecule has 1 aliphatic heterocycles. The smallest absolute Gasteiger partial charge is 0.0882 e. The molecule has 3 heteroatoms. The summed E-state index contributed by atoms with van der Waals surface area (Å²) in [6, 6.07) is 2.53. The Balaban J connectivity index is 2.19. The first-order valence-corrected chi connectivity index (χ1v) is 8.31. The lowest BCUT2D eigenvalue weighted by molar-refractivity contribution is -0.191. The van der Waals surface area contributed by atoms with E-state index in [1.165, 1.54) is 0 Å². The lowest BCUT2D eigenvalue weighted by Crippen LogP contribution is -2.57. The highest BCUT2D eigenvalue weighted by molar-refractivity contribution is 5.15. The molecular weight excluding hydrogens is 262 g/mol. The molecule has 0 aromatic heterocycles. The van der Waals surface area contributed by atoms with E-state index in [2.05, 4.69) is 26.8 Å². The van der Waals surface area contributed by atoms with Crippen molar-refractivity contribution < 1.29 is 9.84 Å². The van der Waals surface area contributed by atoms with Crippen LogP contribution in [0.1, 0.15) is 73.1 Å². The molecule has 2 aliphatic rings. The van der Waals surface area contributed by atoms with Crippen LogP contribution in [0.3, 0.4) is 0 Å². The van der Waals surface area contributed by atoms with E-state index < -0.39 is 11.0 Å². The standard InChI is InChI=1S/C18H31NO2/c1-15(2,3)14-6-8-17(13-19,9-7-14)18(20)10-11-21-16(4,5)12-18/h14,20H,6-12H2,1-5H3. The summed E-state index contributed by atoms with van der Waals surface area (Å²) in [7, 11) is 0. The zero-order valence-electron chi connectivity index (χ0n) is 14.3. The molecule has 1 unspecified atom stereocenters. The minimum Gasteiger partial charge on any atom is -0.388 e. The van der Waals surface area contributed by atoms with Crippen molar-refractivity contribution in [1.29, 1.82) is 5.26 Å². The Morgan fingerprint density at radius 3 is 2.14 bits per heavy atom. The highest BCUT2D eigenvalue weighted by Crippen LogP contribution is 2.54. The normalized spacial score (nSPS) is 40.5. The van der Waals surface area contributed by atoms with E-state index in [9.17, 15) is 10.4 Å². The predicted molar refractivity (Wildman–Crippen MR) is 83.7 cm³/mol. The Hall–Kier alpha value is -0.590. The van der Waals surface area contributed by atoms with E-state index in [0.29, 0.717) is 30.8 Å². The molecular formula is C18H31NO2. The summed E-state index contributed by atoms with van der Waals surface area (Å²) in [5.74, 6) is 0.649. The predicted octanol–water partition coefficient (Wildman–Crippen LogP) is 4.05. The van der Waals surface area contributed by atoms with Crippen molar-refractivity contribution >= 4 is 0 Å². The molecule has 1 heterocycles.